The first-order valence-corrected chi connectivity index (χ1v) is 14.3. The van der Waals surface area contributed by atoms with Gasteiger partial charge >= 0.3 is 32.5 Å². The van der Waals surface area contributed by atoms with Crippen molar-refractivity contribution in [1.29, 1.82) is 10.8 Å². The van der Waals surface area contributed by atoms with E-state index in [2.05, 4.69) is 10.6 Å². The fraction of sp³-hybridized carbons (Fsp3) is 0.273. The molecule has 0 aliphatic carbocycles. The molecule has 0 unspecified atom stereocenters. The largest absolute Gasteiger partial charge is 0.370 e. The highest BCUT2D eigenvalue weighted by molar-refractivity contribution is 7.86. The molecule has 0 saturated heterocycles. The van der Waals surface area contributed by atoms with E-state index >= 15 is 0 Å². The molecule has 2 aromatic rings. The molecule has 4 amide bonds. The minimum Gasteiger partial charge on any atom is -0.370 e. The smallest absolute Gasteiger partial charge is 0.332 e. The number of hydrogen-bond donors (Lipinski definition) is 6. The molecule has 0 atom stereocenters. The van der Waals surface area contributed by atoms with Gasteiger partial charge in [-0.1, -0.05) is 25.0 Å². The van der Waals surface area contributed by atoms with Crippen molar-refractivity contribution in [2.24, 2.45) is 11.5 Å². The van der Waals surface area contributed by atoms with Gasteiger partial charge in [0.2, 0.25) is 0 Å². The maximum absolute atomic E-state index is 13.2. The number of guanidine groups is 2. The van der Waals surface area contributed by atoms with Gasteiger partial charge in [0.25, 0.3) is 0 Å². The predicted molar refractivity (Wildman–Crippen MR) is 143 cm³/mol. The molecule has 0 heterocycles. The van der Waals surface area contributed by atoms with E-state index in [9.17, 15) is 34.2 Å². The van der Waals surface area contributed by atoms with Crippen molar-refractivity contribution in [3.8, 4) is 0 Å². The number of halogens is 2. The van der Waals surface area contributed by atoms with E-state index < -0.39 is 54.2 Å². The normalized spacial score (nSPS) is 11.3. The van der Waals surface area contributed by atoms with Crippen molar-refractivity contribution < 1.29 is 34.2 Å². The first-order chi connectivity index (χ1) is 18.6. The molecule has 0 bridgehead atoms. The summed E-state index contributed by atoms with van der Waals surface area (Å²) in [7, 11) is -9.96. The fourth-order valence-electron chi connectivity index (χ4n) is 3.39. The SMILES string of the molecule is N=C(N)N(CCCCCCN(C(=N)N)C(=O)Nc1cccc(S(=O)(=O)F)c1)C(=O)Nc1cccc(S(=O)(=O)F)c1. The van der Waals surface area contributed by atoms with Gasteiger partial charge in [0, 0.05) is 24.5 Å². The molecule has 218 valence electrons. The van der Waals surface area contributed by atoms with Crippen molar-refractivity contribution in [2.75, 3.05) is 23.7 Å². The van der Waals surface area contributed by atoms with Crippen molar-refractivity contribution in [3.63, 3.8) is 0 Å². The zero-order valence-corrected chi connectivity index (χ0v) is 22.6. The molecule has 0 saturated carbocycles. The van der Waals surface area contributed by atoms with Gasteiger partial charge in [-0.05, 0) is 49.2 Å². The molecule has 0 fully saturated rings. The minimum atomic E-state index is -4.98. The number of nitrogens with two attached hydrogens (primary N) is 2. The van der Waals surface area contributed by atoms with Crippen LogP contribution in [-0.2, 0) is 20.4 Å². The minimum absolute atomic E-state index is 0.0179. The van der Waals surface area contributed by atoms with E-state index in [0.717, 1.165) is 34.1 Å². The molecule has 0 spiro atoms. The Morgan fingerprint density at radius 2 is 1.05 bits per heavy atom. The Bertz CT molecular complexity index is 1380. The number of nitrogens with one attached hydrogen (secondary N) is 4. The number of hydrogen-bond acceptors (Lipinski definition) is 8. The van der Waals surface area contributed by atoms with Gasteiger partial charge in [-0.25, -0.2) is 9.59 Å². The number of amides is 4. The second-order valence-corrected chi connectivity index (χ2v) is 11.0. The lowest BCUT2D eigenvalue weighted by Crippen LogP contribution is -2.44. The van der Waals surface area contributed by atoms with Crippen LogP contribution < -0.4 is 22.1 Å². The van der Waals surface area contributed by atoms with Gasteiger partial charge in [-0.3, -0.25) is 20.6 Å². The lowest BCUT2D eigenvalue weighted by molar-refractivity contribution is 0.230. The molecule has 40 heavy (non-hydrogen) atoms. The van der Waals surface area contributed by atoms with Crippen LogP contribution in [0.25, 0.3) is 0 Å². The van der Waals surface area contributed by atoms with Crippen molar-refractivity contribution in [3.05, 3.63) is 48.5 Å². The van der Waals surface area contributed by atoms with Crippen molar-refractivity contribution in [1.82, 2.24) is 9.80 Å². The number of nitrogens with zero attached hydrogens (tertiary/aromatic N) is 2. The molecule has 0 aliphatic heterocycles. The van der Waals surface area contributed by atoms with Crippen LogP contribution in [0.5, 0.6) is 0 Å². The van der Waals surface area contributed by atoms with Crippen LogP contribution in [0.2, 0.25) is 0 Å². The fourth-order valence-corrected chi connectivity index (χ4v) is 4.41. The summed E-state index contributed by atoms with van der Waals surface area (Å²) >= 11 is 0. The van der Waals surface area contributed by atoms with Gasteiger partial charge in [0.1, 0.15) is 9.79 Å². The molecule has 0 aromatic heterocycles. The van der Waals surface area contributed by atoms with Gasteiger partial charge in [0.15, 0.2) is 11.9 Å². The number of carbonyl (C=O) groups excluding carboxylic acids is 2. The third-order valence-corrected chi connectivity index (χ3v) is 6.95. The Labute approximate surface area is 229 Å². The van der Waals surface area contributed by atoms with Gasteiger partial charge in [-0.2, -0.15) is 16.8 Å². The van der Waals surface area contributed by atoms with Crippen LogP contribution in [0.15, 0.2) is 58.3 Å². The predicted octanol–water partition coefficient (Wildman–Crippen LogP) is 2.72. The second kappa shape index (κ2) is 13.7. The van der Waals surface area contributed by atoms with Gasteiger partial charge in [-0.15, -0.1) is 7.77 Å². The molecule has 14 nitrogen and oxygen atoms in total. The van der Waals surface area contributed by atoms with E-state index in [0.29, 0.717) is 25.7 Å². The zero-order valence-electron chi connectivity index (χ0n) is 20.9. The monoisotopic (exact) mass is 602 g/mol. The highest BCUT2D eigenvalue weighted by Gasteiger charge is 2.20. The number of rotatable bonds is 11. The average molecular weight is 603 g/mol. The Kier molecular flexibility index (Phi) is 10.9. The molecule has 8 N–H and O–H groups in total. The highest BCUT2D eigenvalue weighted by atomic mass is 32.3. The average Bonchev–Trinajstić information content (AvgIpc) is 2.84. The number of carbonyl (C=O) groups is 2. The van der Waals surface area contributed by atoms with Crippen molar-refractivity contribution in [2.45, 2.75) is 35.5 Å². The Morgan fingerprint density at radius 1 is 0.700 bits per heavy atom. The van der Waals surface area contributed by atoms with Crippen LogP contribution in [0, 0.1) is 10.8 Å². The maximum Gasteiger partial charge on any atom is 0.332 e. The lowest BCUT2D eigenvalue weighted by Gasteiger charge is -2.22. The van der Waals surface area contributed by atoms with Gasteiger partial charge in [0.05, 0.1) is 0 Å². The van der Waals surface area contributed by atoms with Gasteiger partial charge < -0.3 is 22.1 Å². The number of anilines is 2. The molecule has 2 aromatic carbocycles. The van der Waals surface area contributed by atoms with Crippen LogP contribution in [0.4, 0.5) is 28.7 Å². The number of unbranched alkanes of at least 4 members (excludes halogenated alkanes) is 3. The molecular weight excluding hydrogens is 574 g/mol. The molecule has 0 radical (unpaired) electrons. The first-order valence-electron chi connectivity index (χ1n) is 11.5. The molecule has 2 rings (SSSR count). The zero-order chi connectivity index (χ0) is 30.1. The summed E-state index contributed by atoms with van der Waals surface area (Å²) in [4.78, 5) is 25.5. The van der Waals surface area contributed by atoms with E-state index in [1.54, 1.807) is 0 Å². The number of urea groups is 2. The summed E-state index contributed by atoms with van der Waals surface area (Å²) in [5, 5.41) is 20.0. The Balaban J connectivity index is 1.85. The second-order valence-electron chi connectivity index (χ2n) is 8.28. The molecular formula is C22H28F2N8O6S2. The van der Waals surface area contributed by atoms with E-state index in [1.807, 2.05) is 0 Å². The summed E-state index contributed by atoms with van der Waals surface area (Å²) < 4.78 is 70.7. The standard InChI is InChI=1S/C22H28F2N8O6S2/c23-39(35,36)17-9-5-7-15(13-17)29-21(33)31(19(25)26)11-3-1-2-4-12-32(20(27)28)22(34)30-16-8-6-10-18(14-16)40(24,37)38/h5-10,13-14H,1-4,11-12H2,(H3,25,26)(H3,27,28)(H,29,33)(H,30,34). The van der Waals surface area contributed by atoms with Crippen LogP contribution in [0.1, 0.15) is 25.7 Å². The maximum atomic E-state index is 13.2. The summed E-state index contributed by atoms with van der Waals surface area (Å²) in [6.45, 7) is 0.0417. The van der Waals surface area contributed by atoms with E-state index in [4.69, 9.17) is 22.3 Å². The van der Waals surface area contributed by atoms with Crippen LogP contribution >= 0.6 is 0 Å². The third kappa shape index (κ3) is 9.77. The topological polar surface area (TPSA) is 233 Å². The van der Waals surface area contributed by atoms with Crippen LogP contribution in [0.3, 0.4) is 0 Å². The summed E-state index contributed by atoms with van der Waals surface area (Å²) in [6, 6.07) is 7.35. The molecule has 18 heteroatoms. The van der Waals surface area contributed by atoms with E-state index in [-0.39, 0.29) is 24.5 Å². The lowest BCUT2D eigenvalue weighted by atomic mass is 10.2. The Morgan fingerprint density at radius 3 is 1.35 bits per heavy atom. The summed E-state index contributed by atoms with van der Waals surface area (Å²) in [6.07, 6.45) is 1.78. The van der Waals surface area contributed by atoms with E-state index in [1.165, 1.54) is 24.3 Å². The summed E-state index contributed by atoms with van der Waals surface area (Å²) in [5.41, 5.74) is 10.9. The molecule has 0 aliphatic rings. The quantitative estimate of drug-likeness (QED) is 0.0966. The Hall–Kier alpha value is -4.32. The van der Waals surface area contributed by atoms with Crippen LogP contribution in [-0.4, -0.2) is 63.7 Å². The first kappa shape index (κ1) is 31.9. The van der Waals surface area contributed by atoms with Crippen molar-refractivity contribution >= 4 is 55.8 Å². The summed E-state index contributed by atoms with van der Waals surface area (Å²) in [5.74, 6) is -1.15. The third-order valence-electron chi connectivity index (χ3n) is 5.32. The highest BCUT2D eigenvalue weighted by Crippen LogP contribution is 2.19. The number of benzene rings is 2.